The molecule has 186 valence electrons. The third-order valence-corrected chi connectivity index (χ3v) is 5.16. The fourth-order valence-corrected chi connectivity index (χ4v) is 3.53. The van der Waals surface area contributed by atoms with E-state index in [4.69, 9.17) is 14.7 Å². The zero-order chi connectivity index (χ0) is 26.3. The van der Waals surface area contributed by atoms with E-state index in [1.807, 2.05) is 11.0 Å². The summed E-state index contributed by atoms with van der Waals surface area (Å²) in [6.45, 7) is 7.36. The Morgan fingerprint density at radius 1 is 1.08 bits per heavy atom. The van der Waals surface area contributed by atoms with Crippen LogP contribution in [-0.4, -0.2) is 49.7 Å². The molecule has 10 nitrogen and oxygen atoms in total. The molecule has 1 N–H and O–H groups in total. The first-order valence-corrected chi connectivity index (χ1v) is 11.3. The Hall–Kier alpha value is -4.41. The van der Waals surface area contributed by atoms with E-state index in [9.17, 15) is 19.6 Å². The van der Waals surface area contributed by atoms with Gasteiger partial charge in [0.1, 0.15) is 11.7 Å². The maximum atomic E-state index is 13.0. The number of Topliss-reactive ketones (excluding diaryl/α,β-unsaturated/α-hetero) is 1. The largest absolute Gasteiger partial charge is 0.442 e. The molecule has 0 spiro atoms. The van der Waals surface area contributed by atoms with E-state index in [1.165, 1.54) is 18.2 Å². The van der Waals surface area contributed by atoms with Gasteiger partial charge in [-0.05, 0) is 51.1 Å². The van der Waals surface area contributed by atoms with Crippen molar-refractivity contribution < 1.29 is 23.9 Å². The van der Waals surface area contributed by atoms with Gasteiger partial charge in [0.05, 0.1) is 48.2 Å². The van der Waals surface area contributed by atoms with Crippen LogP contribution in [0.1, 0.15) is 48.7 Å². The molecule has 1 aliphatic heterocycles. The van der Waals surface area contributed by atoms with E-state index in [2.05, 4.69) is 11.5 Å². The monoisotopic (exact) mass is 489 g/mol. The van der Waals surface area contributed by atoms with E-state index in [-0.39, 0.29) is 11.3 Å². The van der Waals surface area contributed by atoms with Crippen molar-refractivity contribution in [1.82, 2.24) is 5.43 Å². The topological polar surface area (TPSA) is 136 Å². The summed E-state index contributed by atoms with van der Waals surface area (Å²) in [5.74, 6) is -1.28. The Balaban J connectivity index is 1.85. The Labute approximate surface area is 209 Å². The molecule has 0 saturated carbocycles. The molecule has 0 unspecified atom stereocenters. The SMILES string of the molecule is CC(C)(C)OC(=O)N(NC(=O)CC(=O)c1cccc(C#N)c1)c1ccc(N2CCOCC2)c(C#N)c1. The molecule has 1 saturated heterocycles. The summed E-state index contributed by atoms with van der Waals surface area (Å²) in [5, 5.41) is 19.7. The summed E-state index contributed by atoms with van der Waals surface area (Å²) in [6.07, 6.45) is -1.44. The normalized spacial score (nSPS) is 13.2. The fourth-order valence-electron chi connectivity index (χ4n) is 3.53. The molecule has 2 amide bonds. The summed E-state index contributed by atoms with van der Waals surface area (Å²) >= 11 is 0. The van der Waals surface area contributed by atoms with Crippen molar-refractivity contribution in [3.05, 3.63) is 59.2 Å². The summed E-state index contributed by atoms with van der Waals surface area (Å²) in [6, 6.07) is 14.9. The van der Waals surface area contributed by atoms with Gasteiger partial charge in [0.25, 0.3) is 0 Å². The number of nitriles is 2. The molecule has 0 bridgehead atoms. The molecule has 1 heterocycles. The first kappa shape index (κ1) is 26.2. The summed E-state index contributed by atoms with van der Waals surface area (Å²) in [4.78, 5) is 40.4. The van der Waals surface area contributed by atoms with Crippen LogP contribution in [0.3, 0.4) is 0 Å². The maximum Gasteiger partial charge on any atom is 0.434 e. The van der Waals surface area contributed by atoms with Gasteiger partial charge in [0.2, 0.25) is 5.91 Å². The highest BCUT2D eigenvalue weighted by Gasteiger charge is 2.27. The predicted molar refractivity (Wildman–Crippen MR) is 131 cm³/mol. The van der Waals surface area contributed by atoms with Crippen LogP contribution < -0.4 is 15.3 Å². The lowest BCUT2D eigenvalue weighted by Gasteiger charge is -2.31. The predicted octanol–water partition coefficient (Wildman–Crippen LogP) is 3.31. The zero-order valence-corrected chi connectivity index (χ0v) is 20.4. The number of anilines is 2. The third kappa shape index (κ3) is 6.81. The standard InChI is InChI=1S/C26H27N5O5/c1-26(2,3)36-25(34)31(29-24(33)15-23(32)19-6-4-5-18(13-19)16-27)21-7-8-22(20(14-21)17-28)30-9-11-35-12-10-30/h4-8,13-14H,9-12,15H2,1-3H3,(H,29,33). The molecule has 3 rings (SSSR count). The number of benzene rings is 2. The van der Waals surface area contributed by atoms with Crippen molar-refractivity contribution in [2.75, 3.05) is 36.2 Å². The average Bonchev–Trinajstić information content (AvgIpc) is 2.86. The summed E-state index contributed by atoms with van der Waals surface area (Å²) in [7, 11) is 0. The first-order chi connectivity index (χ1) is 17.1. The molecule has 2 aromatic rings. The number of ether oxygens (including phenoxy) is 2. The Kier molecular flexibility index (Phi) is 8.26. The molecule has 1 fully saturated rings. The van der Waals surface area contributed by atoms with Crippen molar-refractivity contribution in [2.45, 2.75) is 32.8 Å². The summed E-state index contributed by atoms with van der Waals surface area (Å²) < 4.78 is 10.8. The number of rotatable bonds is 5. The fraction of sp³-hybridized carbons (Fsp3) is 0.346. The van der Waals surface area contributed by atoms with Crippen molar-refractivity contribution >= 4 is 29.2 Å². The highest BCUT2D eigenvalue weighted by Crippen LogP contribution is 2.27. The number of hydrazine groups is 1. The smallest absolute Gasteiger partial charge is 0.434 e. The molecule has 10 heteroatoms. The van der Waals surface area contributed by atoms with Gasteiger partial charge in [0.15, 0.2) is 5.78 Å². The summed E-state index contributed by atoms with van der Waals surface area (Å²) in [5.41, 5.74) is 3.25. The number of carbonyl (C=O) groups is 3. The maximum absolute atomic E-state index is 13.0. The number of morpholine rings is 1. The lowest BCUT2D eigenvalue weighted by atomic mass is 10.1. The third-order valence-electron chi connectivity index (χ3n) is 5.16. The van der Waals surface area contributed by atoms with Crippen molar-refractivity contribution in [1.29, 1.82) is 10.5 Å². The second kappa shape index (κ2) is 11.3. The number of hydrogen-bond donors (Lipinski definition) is 1. The number of amides is 2. The van der Waals surface area contributed by atoms with E-state index < -0.39 is 29.8 Å². The van der Waals surface area contributed by atoms with Crippen LogP contribution >= 0.6 is 0 Å². The van der Waals surface area contributed by atoms with E-state index >= 15 is 0 Å². The lowest BCUT2D eigenvalue weighted by Crippen LogP contribution is -2.49. The number of nitrogens with zero attached hydrogens (tertiary/aromatic N) is 4. The number of hydrogen-bond acceptors (Lipinski definition) is 8. The van der Waals surface area contributed by atoms with Gasteiger partial charge in [-0.1, -0.05) is 12.1 Å². The van der Waals surface area contributed by atoms with Gasteiger partial charge in [-0.25, -0.2) is 4.79 Å². The minimum Gasteiger partial charge on any atom is -0.442 e. The average molecular weight is 490 g/mol. The van der Waals surface area contributed by atoms with E-state index in [1.54, 1.807) is 45.0 Å². The lowest BCUT2D eigenvalue weighted by molar-refractivity contribution is -0.120. The molecule has 0 radical (unpaired) electrons. The van der Waals surface area contributed by atoms with Gasteiger partial charge < -0.3 is 14.4 Å². The van der Waals surface area contributed by atoms with Crippen molar-refractivity contribution in [3.63, 3.8) is 0 Å². The highest BCUT2D eigenvalue weighted by molar-refractivity contribution is 6.08. The Morgan fingerprint density at radius 3 is 2.44 bits per heavy atom. The van der Waals surface area contributed by atoms with Crippen LogP contribution in [0.4, 0.5) is 16.2 Å². The molecule has 0 aliphatic carbocycles. The van der Waals surface area contributed by atoms with Gasteiger partial charge in [-0.3, -0.25) is 15.0 Å². The van der Waals surface area contributed by atoms with Crippen LogP contribution in [0, 0.1) is 22.7 Å². The van der Waals surface area contributed by atoms with E-state index in [0.29, 0.717) is 43.1 Å². The molecule has 0 atom stereocenters. The second-order valence-electron chi connectivity index (χ2n) is 9.06. The second-order valence-corrected chi connectivity index (χ2v) is 9.06. The highest BCUT2D eigenvalue weighted by atomic mass is 16.6. The van der Waals surface area contributed by atoms with Crippen LogP contribution in [0.15, 0.2) is 42.5 Å². The van der Waals surface area contributed by atoms with Gasteiger partial charge in [-0.15, -0.1) is 0 Å². The quantitative estimate of drug-likeness (QED) is 0.384. The zero-order valence-electron chi connectivity index (χ0n) is 20.4. The molecular weight excluding hydrogens is 462 g/mol. The minimum absolute atomic E-state index is 0.199. The van der Waals surface area contributed by atoms with Gasteiger partial charge in [0, 0.05) is 18.7 Å². The van der Waals surface area contributed by atoms with Gasteiger partial charge >= 0.3 is 6.09 Å². The molecule has 36 heavy (non-hydrogen) atoms. The number of nitrogens with one attached hydrogen (secondary N) is 1. The van der Waals surface area contributed by atoms with Gasteiger partial charge in [-0.2, -0.15) is 15.5 Å². The van der Waals surface area contributed by atoms with Crippen molar-refractivity contribution in [2.24, 2.45) is 0 Å². The molecule has 0 aromatic heterocycles. The van der Waals surface area contributed by atoms with Crippen LogP contribution in [0.2, 0.25) is 0 Å². The molecule has 1 aliphatic rings. The minimum atomic E-state index is -0.877. The van der Waals surface area contributed by atoms with Crippen LogP contribution in [-0.2, 0) is 14.3 Å². The Bertz CT molecular complexity index is 1230. The number of carbonyl (C=O) groups excluding carboxylic acids is 3. The van der Waals surface area contributed by atoms with E-state index in [0.717, 1.165) is 5.01 Å². The van der Waals surface area contributed by atoms with Crippen molar-refractivity contribution in [3.8, 4) is 12.1 Å². The first-order valence-electron chi connectivity index (χ1n) is 11.3. The molecular formula is C26H27N5O5. The van der Waals surface area contributed by atoms with Crippen LogP contribution in [0.5, 0.6) is 0 Å². The Morgan fingerprint density at radius 2 is 1.81 bits per heavy atom. The van der Waals surface area contributed by atoms with Crippen LogP contribution in [0.25, 0.3) is 0 Å². The molecule has 2 aromatic carbocycles. The number of ketones is 1.